The average molecular weight is 350 g/mol. The highest BCUT2D eigenvalue weighted by Crippen LogP contribution is 2.47. The Morgan fingerprint density at radius 3 is 2.80 bits per heavy atom. The van der Waals surface area contributed by atoms with E-state index in [-0.39, 0.29) is 5.60 Å². The van der Waals surface area contributed by atoms with Gasteiger partial charge in [0.1, 0.15) is 0 Å². The van der Waals surface area contributed by atoms with Crippen molar-refractivity contribution >= 4 is 0 Å². The van der Waals surface area contributed by atoms with Crippen LogP contribution in [-0.2, 0) is 9.47 Å². The lowest BCUT2D eigenvalue weighted by Gasteiger charge is -2.39. The molecule has 5 rings (SSSR count). The second-order valence-corrected chi connectivity index (χ2v) is 9.38. The summed E-state index contributed by atoms with van der Waals surface area (Å²) < 4.78 is 12.6. The van der Waals surface area contributed by atoms with E-state index in [0.717, 1.165) is 37.3 Å². The Labute approximate surface area is 151 Å². The fraction of sp³-hybridized carbons (Fsp3) is 1.00. The molecule has 2 saturated heterocycles. The molecule has 4 bridgehead atoms. The number of hydrogen-bond donors (Lipinski definition) is 3. The van der Waals surface area contributed by atoms with E-state index < -0.39 is 0 Å². The standard InChI is InChI=1S/C20H35N3O2/c1-2-14-10-15(3-1)19-17-11-16(4-5-18(17)22-23-19)25-20(6-7-20)8-9-21-13-24-12-14/h14-19,21-23H,1-13H2. The summed E-state index contributed by atoms with van der Waals surface area (Å²) in [6.07, 6.45) is 13.3. The van der Waals surface area contributed by atoms with Gasteiger partial charge < -0.3 is 9.47 Å². The smallest absolute Gasteiger partial charge is 0.0965 e. The maximum atomic E-state index is 6.69. The van der Waals surface area contributed by atoms with E-state index in [1.807, 2.05) is 0 Å². The van der Waals surface area contributed by atoms with Crippen LogP contribution in [0.25, 0.3) is 0 Å². The molecule has 142 valence electrons. The molecule has 5 heteroatoms. The van der Waals surface area contributed by atoms with Crippen molar-refractivity contribution in [1.82, 2.24) is 16.2 Å². The van der Waals surface area contributed by atoms with Crippen LogP contribution in [0, 0.1) is 17.8 Å². The van der Waals surface area contributed by atoms with Gasteiger partial charge in [-0.3, -0.25) is 16.2 Å². The normalized spacial score (nSPS) is 47.0. The van der Waals surface area contributed by atoms with Gasteiger partial charge in [0.05, 0.1) is 25.0 Å². The second-order valence-electron chi connectivity index (χ2n) is 9.38. The third-order valence-electron chi connectivity index (χ3n) is 7.62. The molecule has 2 aliphatic heterocycles. The van der Waals surface area contributed by atoms with Gasteiger partial charge in [-0.25, -0.2) is 0 Å². The van der Waals surface area contributed by atoms with Crippen LogP contribution in [0.3, 0.4) is 0 Å². The molecule has 0 radical (unpaired) electrons. The fourth-order valence-corrected chi connectivity index (χ4v) is 6.04. The maximum Gasteiger partial charge on any atom is 0.0965 e. The number of rotatable bonds is 0. The average Bonchev–Trinajstić information content (AvgIpc) is 3.25. The second kappa shape index (κ2) is 7.08. The van der Waals surface area contributed by atoms with Gasteiger partial charge in [0.25, 0.3) is 0 Å². The molecule has 0 aromatic rings. The minimum absolute atomic E-state index is 0.190. The predicted molar refractivity (Wildman–Crippen MR) is 96.9 cm³/mol. The zero-order valence-electron chi connectivity index (χ0n) is 15.5. The van der Waals surface area contributed by atoms with Gasteiger partial charge in [0.15, 0.2) is 0 Å². The number of ether oxygens (including phenoxy) is 2. The lowest BCUT2D eigenvalue weighted by molar-refractivity contribution is -0.0635. The van der Waals surface area contributed by atoms with Crippen LogP contribution in [0.15, 0.2) is 0 Å². The zero-order valence-corrected chi connectivity index (χ0v) is 15.5. The first kappa shape index (κ1) is 16.9. The van der Waals surface area contributed by atoms with E-state index in [0.29, 0.717) is 24.9 Å². The summed E-state index contributed by atoms with van der Waals surface area (Å²) in [6, 6.07) is 1.30. The molecule has 0 aromatic carbocycles. The Bertz CT molecular complexity index is 470. The van der Waals surface area contributed by atoms with Crippen LogP contribution < -0.4 is 16.2 Å². The van der Waals surface area contributed by atoms with Gasteiger partial charge >= 0.3 is 0 Å². The molecule has 1 spiro atoms. The first-order valence-electron chi connectivity index (χ1n) is 10.8. The molecule has 3 N–H and O–H groups in total. The third kappa shape index (κ3) is 3.63. The van der Waals surface area contributed by atoms with E-state index in [2.05, 4.69) is 16.2 Å². The largest absolute Gasteiger partial charge is 0.372 e. The van der Waals surface area contributed by atoms with Crippen molar-refractivity contribution in [2.24, 2.45) is 17.8 Å². The minimum Gasteiger partial charge on any atom is -0.372 e. The van der Waals surface area contributed by atoms with Crippen molar-refractivity contribution < 1.29 is 9.47 Å². The van der Waals surface area contributed by atoms with Crippen molar-refractivity contribution in [3.8, 4) is 0 Å². The SMILES string of the molecule is C1CC2COCNCCC3(CC3)OC3CCC4NNC(C(C1)C2)C4C3. The molecule has 3 saturated carbocycles. The number of hydrazine groups is 1. The van der Waals surface area contributed by atoms with Crippen molar-refractivity contribution in [3.63, 3.8) is 0 Å². The molecular formula is C20H35N3O2. The molecular weight excluding hydrogens is 314 g/mol. The molecule has 6 atom stereocenters. The summed E-state index contributed by atoms with van der Waals surface area (Å²) in [5.74, 6) is 2.30. The molecule has 25 heavy (non-hydrogen) atoms. The van der Waals surface area contributed by atoms with Crippen LogP contribution in [0.2, 0.25) is 0 Å². The minimum atomic E-state index is 0.190. The van der Waals surface area contributed by atoms with Gasteiger partial charge in [-0.15, -0.1) is 0 Å². The monoisotopic (exact) mass is 349 g/mol. The van der Waals surface area contributed by atoms with E-state index in [1.54, 1.807) is 0 Å². The van der Waals surface area contributed by atoms with E-state index >= 15 is 0 Å². The van der Waals surface area contributed by atoms with Gasteiger partial charge in [0, 0.05) is 12.1 Å². The van der Waals surface area contributed by atoms with Crippen LogP contribution >= 0.6 is 0 Å². The summed E-state index contributed by atoms with van der Waals surface area (Å²) in [7, 11) is 0. The highest BCUT2D eigenvalue weighted by molar-refractivity contribution is 5.02. The maximum absolute atomic E-state index is 6.69. The highest BCUT2D eigenvalue weighted by Gasteiger charge is 2.49. The molecule has 3 aliphatic carbocycles. The van der Waals surface area contributed by atoms with Crippen LogP contribution in [0.1, 0.15) is 64.2 Å². The molecule has 0 amide bonds. The van der Waals surface area contributed by atoms with Gasteiger partial charge in [0.2, 0.25) is 0 Å². The predicted octanol–water partition coefficient (Wildman–Crippen LogP) is 2.32. The van der Waals surface area contributed by atoms with E-state index in [1.165, 1.54) is 57.8 Å². The lowest BCUT2D eigenvalue weighted by atomic mass is 9.70. The highest BCUT2D eigenvalue weighted by atomic mass is 16.5. The molecule has 5 fully saturated rings. The van der Waals surface area contributed by atoms with Crippen molar-refractivity contribution in [2.45, 2.75) is 88.0 Å². The van der Waals surface area contributed by atoms with Gasteiger partial charge in [-0.2, -0.15) is 0 Å². The first-order chi connectivity index (χ1) is 12.3. The molecule has 5 nitrogen and oxygen atoms in total. The summed E-state index contributed by atoms with van der Waals surface area (Å²) in [6.45, 7) is 2.66. The molecule has 5 aliphatic rings. The Morgan fingerprint density at radius 2 is 1.88 bits per heavy atom. The zero-order chi connectivity index (χ0) is 16.7. The Morgan fingerprint density at radius 1 is 0.920 bits per heavy atom. The number of hydrogen-bond acceptors (Lipinski definition) is 5. The third-order valence-corrected chi connectivity index (χ3v) is 7.62. The lowest BCUT2D eigenvalue weighted by Crippen LogP contribution is -2.43. The summed E-state index contributed by atoms with van der Waals surface area (Å²) in [5, 5.41) is 3.48. The molecule has 2 heterocycles. The van der Waals surface area contributed by atoms with Crippen LogP contribution in [0.4, 0.5) is 0 Å². The van der Waals surface area contributed by atoms with E-state index in [9.17, 15) is 0 Å². The topological polar surface area (TPSA) is 54.5 Å². The van der Waals surface area contributed by atoms with Gasteiger partial charge in [-0.05, 0) is 82.1 Å². The van der Waals surface area contributed by atoms with Crippen molar-refractivity contribution in [1.29, 1.82) is 0 Å². The van der Waals surface area contributed by atoms with Crippen molar-refractivity contribution in [2.75, 3.05) is 19.9 Å². The Balaban J connectivity index is 1.32. The quantitative estimate of drug-likeness (QED) is 0.627. The Hall–Kier alpha value is -0.200. The summed E-state index contributed by atoms with van der Waals surface area (Å²) in [5.41, 5.74) is 7.54. The summed E-state index contributed by atoms with van der Waals surface area (Å²) in [4.78, 5) is 0. The fourth-order valence-electron chi connectivity index (χ4n) is 6.04. The van der Waals surface area contributed by atoms with E-state index in [4.69, 9.17) is 9.47 Å². The summed E-state index contributed by atoms with van der Waals surface area (Å²) >= 11 is 0. The number of fused-ring (bicyclic) bond motifs is 4. The molecule has 6 unspecified atom stereocenters. The van der Waals surface area contributed by atoms with Crippen LogP contribution in [-0.4, -0.2) is 43.7 Å². The number of nitrogens with one attached hydrogen (secondary N) is 3. The first-order valence-corrected chi connectivity index (χ1v) is 10.8. The van der Waals surface area contributed by atoms with Crippen molar-refractivity contribution in [3.05, 3.63) is 0 Å². The molecule has 0 aromatic heterocycles. The van der Waals surface area contributed by atoms with Crippen LogP contribution in [0.5, 0.6) is 0 Å². The Kier molecular flexibility index (Phi) is 4.80. The van der Waals surface area contributed by atoms with Gasteiger partial charge in [-0.1, -0.05) is 6.42 Å².